The highest BCUT2D eigenvalue weighted by Gasteiger charge is 2.31. The van der Waals surface area contributed by atoms with E-state index in [1.54, 1.807) is 60.7 Å². The van der Waals surface area contributed by atoms with Gasteiger partial charge in [0, 0.05) is 23.0 Å². The summed E-state index contributed by atoms with van der Waals surface area (Å²) in [5.41, 5.74) is 2.07. The van der Waals surface area contributed by atoms with E-state index in [0.717, 1.165) is 12.8 Å². The summed E-state index contributed by atoms with van der Waals surface area (Å²) in [6.45, 7) is 0. The molecule has 1 fully saturated rings. The molecular formula is C25H23N3O4. The molecule has 4 rings (SSSR count). The summed E-state index contributed by atoms with van der Waals surface area (Å²) in [5.74, 6) is -0.951. The summed E-state index contributed by atoms with van der Waals surface area (Å²) in [7, 11) is 0. The molecule has 32 heavy (non-hydrogen) atoms. The van der Waals surface area contributed by atoms with E-state index in [1.165, 1.54) is 0 Å². The average Bonchev–Trinajstić information content (AvgIpc) is 3.63. The van der Waals surface area contributed by atoms with Gasteiger partial charge in [-0.3, -0.25) is 4.79 Å². The third kappa shape index (κ3) is 5.72. The van der Waals surface area contributed by atoms with Crippen LogP contribution < -0.4 is 16.0 Å². The summed E-state index contributed by atoms with van der Waals surface area (Å²) < 4.78 is 5.56. The lowest BCUT2D eigenvalue weighted by Crippen LogP contribution is -2.33. The predicted octanol–water partition coefficient (Wildman–Crippen LogP) is 4.51. The van der Waals surface area contributed by atoms with Gasteiger partial charge < -0.3 is 20.7 Å². The molecule has 3 aromatic carbocycles. The van der Waals surface area contributed by atoms with Crippen LogP contribution in [0.15, 0.2) is 84.9 Å². The number of hydrogen-bond donors (Lipinski definition) is 3. The van der Waals surface area contributed by atoms with Gasteiger partial charge >= 0.3 is 12.0 Å². The zero-order chi connectivity index (χ0) is 22.3. The first-order valence-electron chi connectivity index (χ1n) is 10.4. The largest absolute Gasteiger partial charge is 0.444 e. The van der Waals surface area contributed by atoms with Crippen molar-refractivity contribution in [1.82, 2.24) is 5.32 Å². The second-order valence-corrected chi connectivity index (χ2v) is 7.50. The number of ether oxygens (including phenoxy) is 1. The molecule has 0 unspecified atom stereocenters. The summed E-state index contributed by atoms with van der Waals surface area (Å²) in [5, 5.41) is 8.31. The van der Waals surface area contributed by atoms with E-state index in [9.17, 15) is 14.4 Å². The molecule has 162 valence electrons. The van der Waals surface area contributed by atoms with E-state index in [1.807, 2.05) is 24.3 Å². The average molecular weight is 429 g/mol. The molecule has 3 N–H and O–H groups in total. The molecule has 1 aliphatic rings. The highest BCUT2D eigenvalue weighted by Crippen LogP contribution is 2.24. The van der Waals surface area contributed by atoms with Crippen LogP contribution >= 0.6 is 0 Å². The fourth-order valence-electron chi connectivity index (χ4n) is 3.08. The number of urea groups is 1. The van der Waals surface area contributed by atoms with Crippen molar-refractivity contribution in [2.75, 3.05) is 10.6 Å². The van der Waals surface area contributed by atoms with E-state index in [-0.39, 0.29) is 17.5 Å². The van der Waals surface area contributed by atoms with Crippen molar-refractivity contribution in [3.05, 3.63) is 96.1 Å². The number of esters is 1. The molecule has 1 aliphatic carbocycles. The number of para-hydroxylation sites is 1. The molecule has 0 radical (unpaired) electrons. The van der Waals surface area contributed by atoms with Crippen molar-refractivity contribution < 1.29 is 19.1 Å². The van der Waals surface area contributed by atoms with E-state index in [0.29, 0.717) is 16.9 Å². The monoisotopic (exact) mass is 429 g/mol. The molecule has 1 saturated carbocycles. The van der Waals surface area contributed by atoms with Crippen LogP contribution in [0.5, 0.6) is 0 Å². The summed E-state index contributed by atoms with van der Waals surface area (Å²) in [6, 6.07) is 24.0. The van der Waals surface area contributed by atoms with Gasteiger partial charge in [-0.25, -0.2) is 9.59 Å². The number of anilines is 2. The Balaban J connectivity index is 1.39. The van der Waals surface area contributed by atoms with Crippen LogP contribution in [-0.4, -0.2) is 23.9 Å². The van der Waals surface area contributed by atoms with Crippen LogP contribution in [0, 0.1) is 0 Å². The number of nitrogens with one attached hydrogen (secondary N) is 3. The first kappa shape index (κ1) is 21.1. The van der Waals surface area contributed by atoms with E-state index >= 15 is 0 Å². The minimum atomic E-state index is -1.03. The SMILES string of the molecule is O=C(Nc1ccccc1)Nc1ccc(C(=O)O[C@@H](C(=O)NC2CC2)c2ccccc2)cc1. The number of carbonyl (C=O) groups is 3. The maximum atomic E-state index is 12.7. The Kier molecular flexibility index (Phi) is 6.46. The molecule has 0 aliphatic heterocycles. The van der Waals surface area contributed by atoms with Gasteiger partial charge in [0.25, 0.3) is 5.91 Å². The predicted molar refractivity (Wildman–Crippen MR) is 121 cm³/mol. The molecule has 7 heteroatoms. The van der Waals surface area contributed by atoms with Crippen molar-refractivity contribution in [2.24, 2.45) is 0 Å². The van der Waals surface area contributed by atoms with Gasteiger partial charge in [-0.2, -0.15) is 0 Å². The first-order valence-corrected chi connectivity index (χ1v) is 10.4. The Morgan fingerprint density at radius 3 is 1.91 bits per heavy atom. The van der Waals surface area contributed by atoms with Crippen LogP contribution in [0.2, 0.25) is 0 Å². The lowest BCUT2D eigenvalue weighted by Gasteiger charge is -2.18. The number of rotatable bonds is 7. The smallest absolute Gasteiger partial charge is 0.339 e. The summed E-state index contributed by atoms with van der Waals surface area (Å²) in [4.78, 5) is 37.5. The number of hydrogen-bond acceptors (Lipinski definition) is 4. The van der Waals surface area contributed by atoms with Crippen molar-refractivity contribution in [2.45, 2.75) is 25.0 Å². The molecule has 3 amide bonds. The maximum Gasteiger partial charge on any atom is 0.339 e. The second kappa shape index (κ2) is 9.78. The van der Waals surface area contributed by atoms with Crippen LogP contribution in [0.4, 0.5) is 16.2 Å². The molecule has 7 nitrogen and oxygen atoms in total. The van der Waals surface area contributed by atoms with Gasteiger partial charge in [0.05, 0.1) is 5.56 Å². The Morgan fingerprint density at radius 1 is 0.750 bits per heavy atom. The Labute approximate surface area is 185 Å². The zero-order valence-corrected chi connectivity index (χ0v) is 17.3. The van der Waals surface area contributed by atoms with Gasteiger partial charge in [-0.05, 0) is 49.2 Å². The normalized spacial score (nSPS) is 13.5. The van der Waals surface area contributed by atoms with Crippen molar-refractivity contribution in [3.63, 3.8) is 0 Å². The molecule has 3 aromatic rings. The van der Waals surface area contributed by atoms with Crippen molar-refractivity contribution in [1.29, 1.82) is 0 Å². The van der Waals surface area contributed by atoms with Gasteiger partial charge in [-0.15, -0.1) is 0 Å². The fraction of sp³-hybridized carbons (Fsp3) is 0.160. The van der Waals surface area contributed by atoms with Gasteiger partial charge in [0.1, 0.15) is 0 Å². The molecular weight excluding hydrogens is 406 g/mol. The third-order valence-electron chi connectivity index (χ3n) is 4.90. The Morgan fingerprint density at radius 2 is 1.31 bits per heavy atom. The minimum Gasteiger partial charge on any atom is -0.444 e. The van der Waals surface area contributed by atoms with Crippen molar-refractivity contribution in [3.8, 4) is 0 Å². The molecule has 0 spiro atoms. The Hall–Kier alpha value is -4.13. The molecule has 0 aromatic heterocycles. The third-order valence-corrected chi connectivity index (χ3v) is 4.90. The van der Waals surface area contributed by atoms with E-state index in [4.69, 9.17) is 4.74 Å². The van der Waals surface area contributed by atoms with Gasteiger partial charge in [-0.1, -0.05) is 48.5 Å². The molecule has 0 heterocycles. The lowest BCUT2D eigenvalue weighted by molar-refractivity contribution is -0.130. The van der Waals surface area contributed by atoms with Gasteiger partial charge in [0.2, 0.25) is 6.10 Å². The lowest BCUT2D eigenvalue weighted by atomic mass is 10.1. The van der Waals surface area contributed by atoms with E-state index in [2.05, 4.69) is 16.0 Å². The van der Waals surface area contributed by atoms with Crippen LogP contribution in [-0.2, 0) is 9.53 Å². The minimum absolute atomic E-state index is 0.153. The summed E-state index contributed by atoms with van der Waals surface area (Å²) >= 11 is 0. The Bertz CT molecular complexity index is 1080. The number of benzene rings is 3. The second-order valence-electron chi connectivity index (χ2n) is 7.50. The molecule has 0 bridgehead atoms. The topological polar surface area (TPSA) is 96.5 Å². The highest BCUT2D eigenvalue weighted by molar-refractivity contribution is 6.00. The highest BCUT2D eigenvalue weighted by atomic mass is 16.5. The van der Waals surface area contributed by atoms with E-state index < -0.39 is 18.1 Å². The van der Waals surface area contributed by atoms with Crippen LogP contribution in [0.25, 0.3) is 0 Å². The zero-order valence-electron chi connectivity index (χ0n) is 17.3. The van der Waals surface area contributed by atoms with Crippen LogP contribution in [0.3, 0.4) is 0 Å². The van der Waals surface area contributed by atoms with Crippen LogP contribution in [0.1, 0.15) is 34.9 Å². The quantitative estimate of drug-likeness (QED) is 0.482. The summed E-state index contributed by atoms with van der Waals surface area (Å²) in [6.07, 6.45) is 0.847. The van der Waals surface area contributed by atoms with Gasteiger partial charge in [0.15, 0.2) is 0 Å². The standard InChI is InChI=1S/C25H23N3O4/c29-23(26-20-15-16-20)22(17-7-3-1-4-8-17)32-24(30)18-11-13-21(14-12-18)28-25(31)27-19-9-5-2-6-10-19/h1-14,20,22H,15-16H2,(H,26,29)(H2,27,28,31)/t22-/m1/s1. The van der Waals surface area contributed by atoms with Crippen molar-refractivity contribution >= 4 is 29.3 Å². The molecule has 1 atom stereocenters. The first-order chi connectivity index (χ1) is 15.6. The fourth-order valence-corrected chi connectivity index (χ4v) is 3.08. The number of carbonyl (C=O) groups excluding carboxylic acids is 3. The maximum absolute atomic E-state index is 12.7. The molecule has 0 saturated heterocycles. The number of amides is 3.